The molecule has 2 aromatic heterocycles. The summed E-state index contributed by atoms with van der Waals surface area (Å²) >= 11 is 10.5. The summed E-state index contributed by atoms with van der Waals surface area (Å²) < 4.78 is 1.58. The Kier molecular flexibility index (Phi) is 3.79. The van der Waals surface area contributed by atoms with E-state index in [1.54, 1.807) is 24.3 Å². The molecule has 0 atom stereocenters. The maximum absolute atomic E-state index is 12.2. The van der Waals surface area contributed by atoms with Crippen molar-refractivity contribution in [3.8, 4) is 0 Å². The topological polar surface area (TPSA) is 80.9 Å². The second-order valence-corrected chi connectivity index (χ2v) is 6.55. The number of anilines is 2. The lowest BCUT2D eigenvalue weighted by Gasteiger charge is -2.04. The highest BCUT2D eigenvalue weighted by Gasteiger charge is 2.14. The molecule has 2 heterocycles. The van der Waals surface area contributed by atoms with E-state index >= 15 is 0 Å². The molecule has 0 bridgehead atoms. The number of benzene rings is 1. The number of fused-ring (bicyclic) bond motifs is 1. The van der Waals surface area contributed by atoms with Crippen molar-refractivity contribution in [1.29, 1.82) is 0 Å². The lowest BCUT2D eigenvalue weighted by molar-refractivity contribution is 0.102. The van der Waals surface area contributed by atoms with Gasteiger partial charge in [0.25, 0.3) is 5.91 Å². The number of carbonyl (C=O) groups is 1. The molecule has 3 aromatic rings. The molecule has 106 valence electrons. The van der Waals surface area contributed by atoms with Crippen LogP contribution in [0.5, 0.6) is 0 Å². The molecule has 0 spiro atoms. The third kappa shape index (κ3) is 2.99. The van der Waals surface area contributed by atoms with Crippen LogP contribution in [0.15, 0.2) is 34.9 Å². The van der Waals surface area contributed by atoms with Crippen LogP contribution in [0.25, 0.3) is 10.2 Å². The minimum absolute atomic E-state index is 0.167. The first-order valence-corrected chi connectivity index (χ1v) is 7.80. The van der Waals surface area contributed by atoms with Crippen LogP contribution >= 0.6 is 38.9 Å². The molecule has 0 fully saturated rings. The van der Waals surface area contributed by atoms with Crippen molar-refractivity contribution in [1.82, 2.24) is 9.97 Å². The van der Waals surface area contributed by atoms with Crippen molar-refractivity contribution in [2.45, 2.75) is 0 Å². The highest BCUT2D eigenvalue weighted by Crippen LogP contribution is 2.29. The van der Waals surface area contributed by atoms with Crippen LogP contribution in [-0.2, 0) is 0 Å². The van der Waals surface area contributed by atoms with E-state index in [1.165, 1.54) is 17.5 Å². The minimum atomic E-state index is -0.355. The molecule has 0 saturated heterocycles. The Labute approximate surface area is 137 Å². The molecule has 21 heavy (non-hydrogen) atoms. The number of thiazole rings is 1. The first-order valence-electron chi connectivity index (χ1n) is 5.81. The molecule has 0 aliphatic heterocycles. The first-order chi connectivity index (χ1) is 10.0. The molecular weight excluding hydrogens is 376 g/mol. The van der Waals surface area contributed by atoms with E-state index in [-0.39, 0.29) is 11.7 Å². The molecule has 0 saturated carbocycles. The van der Waals surface area contributed by atoms with Crippen molar-refractivity contribution >= 4 is 65.9 Å². The second-order valence-electron chi connectivity index (χ2n) is 4.17. The lowest BCUT2D eigenvalue weighted by Crippen LogP contribution is -2.14. The van der Waals surface area contributed by atoms with Gasteiger partial charge < -0.3 is 5.73 Å². The van der Waals surface area contributed by atoms with Gasteiger partial charge in [-0.1, -0.05) is 22.9 Å². The summed E-state index contributed by atoms with van der Waals surface area (Å²) in [5.41, 5.74) is 6.78. The van der Waals surface area contributed by atoms with Gasteiger partial charge >= 0.3 is 0 Å². The van der Waals surface area contributed by atoms with E-state index < -0.39 is 0 Å². The normalized spacial score (nSPS) is 10.8. The Bertz CT molecular complexity index is 851. The highest BCUT2D eigenvalue weighted by molar-refractivity contribution is 9.10. The van der Waals surface area contributed by atoms with Gasteiger partial charge in [0, 0.05) is 15.7 Å². The fourth-order valence-corrected chi connectivity index (χ4v) is 3.22. The van der Waals surface area contributed by atoms with Crippen LogP contribution in [0, 0.1) is 0 Å². The zero-order valence-corrected chi connectivity index (χ0v) is 13.6. The number of amides is 1. The second kappa shape index (κ2) is 5.59. The monoisotopic (exact) mass is 382 g/mol. The Morgan fingerprint density at radius 3 is 3.00 bits per heavy atom. The highest BCUT2D eigenvalue weighted by atomic mass is 79.9. The molecule has 0 aliphatic carbocycles. The predicted octanol–water partition coefficient (Wildman–Crippen LogP) is 3.94. The molecule has 0 aliphatic rings. The first kappa shape index (κ1) is 14.2. The maximum atomic E-state index is 12.2. The lowest BCUT2D eigenvalue weighted by atomic mass is 10.2. The zero-order valence-electron chi connectivity index (χ0n) is 10.4. The van der Waals surface area contributed by atoms with Crippen molar-refractivity contribution in [2.24, 2.45) is 0 Å². The SMILES string of the molecule is Nc1ncc(Br)cc1C(=O)Nc1nc2ccc(Cl)cc2s1. The number of aromatic nitrogens is 2. The Morgan fingerprint density at radius 2 is 2.19 bits per heavy atom. The van der Waals surface area contributed by atoms with Crippen molar-refractivity contribution < 1.29 is 4.79 Å². The smallest absolute Gasteiger partial charge is 0.261 e. The standard InChI is InChI=1S/C13H8BrClN4OS/c14-6-3-8(11(16)17-5-6)12(20)19-13-18-9-2-1-7(15)4-10(9)21-13/h1-5H,(H2,16,17)(H,18,19,20). The van der Waals surface area contributed by atoms with Crippen LogP contribution in [0.1, 0.15) is 10.4 Å². The summed E-state index contributed by atoms with van der Waals surface area (Å²) in [6.07, 6.45) is 1.53. The fraction of sp³-hybridized carbons (Fsp3) is 0. The number of nitrogens with two attached hydrogens (primary N) is 1. The maximum Gasteiger partial charge on any atom is 0.261 e. The van der Waals surface area contributed by atoms with Gasteiger partial charge in [-0.2, -0.15) is 0 Å². The third-order valence-electron chi connectivity index (χ3n) is 2.70. The van der Waals surface area contributed by atoms with E-state index in [1.807, 2.05) is 0 Å². The summed E-state index contributed by atoms with van der Waals surface area (Å²) in [5, 5.41) is 3.83. The van der Waals surface area contributed by atoms with Gasteiger partial charge in [-0.3, -0.25) is 10.1 Å². The van der Waals surface area contributed by atoms with Crippen LogP contribution < -0.4 is 11.1 Å². The van der Waals surface area contributed by atoms with Gasteiger partial charge in [0.1, 0.15) is 5.82 Å². The number of nitrogens with one attached hydrogen (secondary N) is 1. The van der Waals surface area contributed by atoms with Gasteiger partial charge in [0.2, 0.25) is 0 Å². The minimum Gasteiger partial charge on any atom is -0.383 e. The zero-order chi connectivity index (χ0) is 15.0. The summed E-state index contributed by atoms with van der Waals surface area (Å²) in [5.74, 6) is -0.189. The van der Waals surface area contributed by atoms with Gasteiger partial charge in [-0.15, -0.1) is 0 Å². The molecule has 3 rings (SSSR count). The molecule has 0 radical (unpaired) electrons. The fourth-order valence-electron chi connectivity index (χ4n) is 1.75. The van der Waals surface area contributed by atoms with E-state index in [0.29, 0.717) is 20.2 Å². The quantitative estimate of drug-likeness (QED) is 0.702. The Hall–Kier alpha value is -1.70. The number of hydrogen-bond acceptors (Lipinski definition) is 5. The summed E-state index contributed by atoms with van der Waals surface area (Å²) in [6.45, 7) is 0. The number of rotatable bonds is 2. The van der Waals surface area contributed by atoms with Crippen molar-refractivity contribution in [3.63, 3.8) is 0 Å². The third-order valence-corrected chi connectivity index (χ3v) is 4.30. The number of nitrogen functional groups attached to an aromatic ring is 1. The molecule has 0 unspecified atom stereocenters. The number of carbonyl (C=O) groups excluding carboxylic acids is 1. The Balaban J connectivity index is 1.90. The van der Waals surface area contributed by atoms with Crippen molar-refractivity contribution in [2.75, 3.05) is 11.1 Å². The van der Waals surface area contributed by atoms with Crippen LogP contribution in [0.4, 0.5) is 10.9 Å². The number of halogens is 2. The summed E-state index contributed by atoms with van der Waals surface area (Å²) in [6, 6.07) is 6.98. The van der Waals surface area contributed by atoms with Gasteiger partial charge in [-0.25, -0.2) is 9.97 Å². The molecule has 5 nitrogen and oxygen atoms in total. The van der Waals surface area contributed by atoms with Crippen LogP contribution in [-0.4, -0.2) is 15.9 Å². The summed E-state index contributed by atoms with van der Waals surface area (Å²) in [7, 11) is 0. The number of nitrogens with zero attached hydrogens (tertiary/aromatic N) is 2. The largest absolute Gasteiger partial charge is 0.383 e. The number of pyridine rings is 1. The van der Waals surface area contributed by atoms with Crippen molar-refractivity contribution in [3.05, 3.63) is 45.5 Å². The van der Waals surface area contributed by atoms with Gasteiger partial charge in [0.15, 0.2) is 5.13 Å². The molecule has 1 aromatic carbocycles. The van der Waals surface area contributed by atoms with Gasteiger partial charge in [0.05, 0.1) is 15.8 Å². The molecule has 3 N–H and O–H groups in total. The molecule has 8 heteroatoms. The van der Waals surface area contributed by atoms with E-state index in [2.05, 4.69) is 31.2 Å². The van der Waals surface area contributed by atoms with E-state index in [4.69, 9.17) is 17.3 Å². The van der Waals surface area contributed by atoms with Crippen LogP contribution in [0.3, 0.4) is 0 Å². The predicted molar refractivity (Wildman–Crippen MR) is 88.9 cm³/mol. The number of hydrogen-bond donors (Lipinski definition) is 2. The van der Waals surface area contributed by atoms with Crippen LogP contribution in [0.2, 0.25) is 5.02 Å². The van der Waals surface area contributed by atoms with E-state index in [0.717, 1.165) is 10.2 Å². The van der Waals surface area contributed by atoms with E-state index in [9.17, 15) is 4.79 Å². The summed E-state index contributed by atoms with van der Waals surface area (Å²) in [4.78, 5) is 20.5. The van der Waals surface area contributed by atoms with Gasteiger partial charge in [-0.05, 0) is 40.2 Å². The molecular formula is C13H8BrClN4OS. The average Bonchev–Trinajstić information content (AvgIpc) is 2.82. The average molecular weight is 384 g/mol. The molecule has 1 amide bonds. The Morgan fingerprint density at radius 1 is 1.38 bits per heavy atom.